The molecule has 0 bridgehead atoms. The number of methoxy groups -OCH3 is 1. The molecule has 0 saturated carbocycles. The predicted octanol–water partition coefficient (Wildman–Crippen LogP) is 2.73. The Bertz CT molecular complexity index is 444. The number of hydrogen-bond donors (Lipinski definition) is 2. The molecule has 1 unspecified atom stereocenters. The average molecular weight is 327 g/mol. The molecule has 2 N–H and O–H groups in total. The van der Waals surface area contributed by atoms with E-state index in [4.69, 9.17) is 4.74 Å². The normalized spacial score (nSPS) is 16.5. The summed E-state index contributed by atoms with van der Waals surface area (Å²) in [6.45, 7) is 4.86. The number of benzene rings is 1. The van der Waals surface area contributed by atoms with Gasteiger partial charge >= 0.3 is 0 Å². The van der Waals surface area contributed by atoms with Crippen LogP contribution < -0.4 is 15.4 Å². The number of piperidine rings is 1. The van der Waals surface area contributed by atoms with Crippen LogP contribution in [0.5, 0.6) is 5.75 Å². The first-order chi connectivity index (χ1) is 10.2. The summed E-state index contributed by atoms with van der Waals surface area (Å²) in [6, 6.07) is 8.16. The van der Waals surface area contributed by atoms with E-state index in [0.717, 1.165) is 44.6 Å². The molecule has 0 radical (unpaired) electrons. The maximum atomic E-state index is 12.0. The number of ether oxygens (including phenoxy) is 1. The summed E-state index contributed by atoms with van der Waals surface area (Å²) in [5.74, 6) is 1.73. The van der Waals surface area contributed by atoms with Gasteiger partial charge in [0.1, 0.15) is 5.75 Å². The smallest absolute Gasteiger partial charge is 0.223 e. The second-order valence-corrected chi connectivity index (χ2v) is 5.78. The lowest BCUT2D eigenvalue weighted by atomic mass is 9.96. The lowest BCUT2D eigenvalue weighted by Crippen LogP contribution is -2.38. The molecule has 5 heteroatoms. The zero-order chi connectivity index (χ0) is 15.1. The molecule has 1 heterocycles. The third-order valence-electron chi connectivity index (χ3n) is 4.27. The molecule has 1 aliphatic heterocycles. The van der Waals surface area contributed by atoms with Crippen molar-refractivity contribution < 1.29 is 9.53 Å². The summed E-state index contributed by atoms with van der Waals surface area (Å²) in [5, 5.41) is 6.37. The summed E-state index contributed by atoms with van der Waals surface area (Å²) in [5.41, 5.74) is 1.28. The van der Waals surface area contributed by atoms with Gasteiger partial charge in [0.2, 0.25) is 5.91 Å². The maximum Gasteiger partial charge on any atom is 0.223 e. The quantitative estimate of drug-likeness (QED) is 0.845. The summed E-state index contributed by atoms with van der Waals surface area (Å²) < 4.78 is 5.17. The molecule has 0 aliphatic carbocycles. The van der Waals surface area contributed by atoms with Crippen LogP contribution in [-0.2, 0) is 4.79 Å². The molecule has 1 aliphatic rings. The first kappa shape index (κ1) is 18.8. The molecular formula is C17H27ClN2O2. The summed E-state index contributed by atoms with van der Waals surface area (Å²) in [6.07, 6.45) is 2.88. The van der Waals surface area contributed by atoms with Crippen molar-refractivity contribution in [2.45, 2.75) is 32.1 Å². The highest BCUT2D eigenvalue weighted by atomic mass is 35.5. The number of carbonyl (C=O) groups excluding carboxylic acids is 1. The highest BCUT2D eigenvalue weighted by Crippen LogP contribution is 2.21. The molecule has 2 rings (SSSR count). The van der Waals surface area contributed by atoms with Crippen molar-refractivity contribution in [2.75, 3.05) is 26.7 Å². The van der Waals surface area contributed by atoms with Crippen LogP contribution in [0.25, 0.3) is 0 Å². The van der Waals surface area contributed by atoms with Crippen molar-refractivity contribution in [3.63, 3.8) is 0 Å². The van der Waals surface area contributed by atoms with E-state index >= 15 is 0 Å². The Balaban J connectivity index is 0.00000242. The van der Waals surface area contributed by atoms with Gasteiger partial charge in [0.05, 0.1) is 7.11 Å². The Morgan fingerprint density at radius 1 is 1.32 bits per heavy atom. The van der Waals surface area contributed by atoms with Crippen LogP contribution in [0.4, 0.5) is 0 Å². The fraction of sp³-hybridized carbons (Fsp3) is 0.588. The number of halogens is 1. The highest BCUT2D eigenvalue weighted by Gasteiger charge is 2.20. The largest absolute Gasteiger partial charge is 0.497 e. The number of carbonyl (C=O) groups is 1. The first-order valence-corrected chi connectivity index (χ1v) is 7.83. The van der Waals surface area contributed by atoms with E-state index in [0.29, 0.717) is 5.92 Å². The van der Waals surface area contributed by atoms with Gasteiger partial charge < -0.3 is 15.4 Å². The van der Waals surface area contributed by atoms with Gasteiger partial charge in [-0.15, -0.1) is 12.4 Å². The van der Waals surface area contributed by atoms with Crippen molar-refractivity contribution in [2.24, 2.45) is 5.92 Å². The fourth-order valence-corrected chi connectivity index (χ4v) is 2.74. The SMILES string of the molecule is COc1ccc(C(C)CCNC(=O)C2CCNCC2)cc1.Cl. The Kier molecular flexibility index (Phi) is 8.28. The number of hydrogen-bond acceptors (Lipinski definition) is 3. The molecular weight excluding hydrogens is 300 g/mol. The van der Waals surface area contributed by atoms with Gasteiger partial charge in [-0.3, -0.25) is 4.79 Å². The van der Waals surface area contributed by atoms with Gasteiger partial charge in [0.25, 0.3) is 0 Å². The molecule has 1 fully saturated rings. The minimum absolute atomic E-state index is 0. The second-order valence-electron chi connectivity index (χ2n) is 5.78. The number of amides is 1. The molecule has 0 spiro atoms. The first-order valence-electron chi connectivity index (χ1n) is 7.83. The fourth-order valence-electron chi connectivity index (χ4n) is 2.74. The van der Waals surface area contributed by atoms with Crippen LogP contribution in [0, 0.1) is 5.92 Å². The zero-order valence-corrected chi connectivity index (χ0v) is 14.2. The summed E-state index contributed by atoms with van der Waals surface area (Å²) >= 11 is 0. The van der Waals surface area contributed by atoms with Crippen LogP contribution >= 0.6 is 12.4 Å². The third kappa shape index (κ3) is 5.50. The van der Waals surface area contributed by atoms with Crippen LogP contribution in [0.1, 0.15) is 37.7 Å². The molecule has 1 aromatic carbocycles. The molecule has 1 amide bonds. The Morgan fingerprint density at radius 3 is 2.55 bits per heavy atom. The van der Waals surface area contributed by atoms with Crippen LogP contribution in [0.15, 0.2) is 24.3 Å². The van der Waals surface area contributed by atoms with Crippen LogP contribution in [0.3, 0.4) is 0 Å². The highest BCUT2D eigenvalue weighted by molar-refractivity contribution is 5.85. The topological polar surface area (TPSA) is 50.4 Å². The number of nitrogens with one attached hydrogen (secondary N) is 2. The van der Waals surface area contributed by atoms with Gasteiger partial charge in [-0.05, 0) is 56.0 Å². The molecule has 22 heavy (non-hydrogen) atoms. The Hall–Kier alpha value is -1.26. The minimum atomic E-state index is 0. The van der Waals surface area contributed by atoms with E-state index < -0.39 is 0 Å². The summed E-state index contributed by atoms with van der Waals surface area (Å²) in [7, 11) is 1.68. The molecule has 124 valence electrons. The van der Waals surface area contributed by atoms with Gasteiger partial charge in [0, 0.05) is 12.5 Å². The Morgan fingerprint density at radius 2 is 1.95 bits per heavy atom. The van der Waals surface area contributed by atoms with Crippen molar-refractivity contribution in [3.8, 4) is 5.75 Å². The van der Waals surface area contributed by atoms with E-state index in [1.54, 1.807) is 7.11 Å². The van der Waals surface area contributed by atoms with Gasteiger partial charge in [0.15, 0.2) is 0 Å². The molecule has 1 aromatic rings. The van der Waals surface area contributed by atoms with Gasteiger partial charge in [-0.2, -0.15) is 0 Å². The van der Waals surface area contributed by atoms with Gasteiger partial charge in [-0.1, -0.05) is 19.1 Å². The van der Waals surface area contributed by atoms with E-state index in [2.05, 4.69) is 29.7 Å². The van der Waals surface area contributed by atoms with E-state index in [1.807, 2.05) is 12.1 Å². The molecule has 1 atom stereocenters. The monoisotopic (exact) mass is 326 g/mol. The maximum absolute atomic E-state index is 12.0. The molecule has 4 nitrogen and oxygen atoms in total. The van der Waals surface area contributed by atoms with E-state index in [1.165, 1.54) is 5.56 Å². The Labute approximate surface area is 139 Å². The van der Waals surface area contributed by atoms with Crippen molar-refractivity contribution in [1.82, 2.24) is 10.6 Å². The lowest BCUT2D eigenvalue weighted by Gasteiger charge is -2.22. The van der Waals surface area contributed by atoms with Crippen LogP contribution in [-0.4, -0.2) is 32.7 Å². The minimum Gasteiger partial charge on any atom is -0.497 e. The average Bonchev–Trinajstić information content (AvgIpc) is 2.55. The third-order valence-corrected chi connectivity index (χ3v) is 4.27. The zero-order valence-electron chi connectivity index (χ0n) is 13.4. The standard InChI is InChI=1S/C17H26N2O2.ClH/c1-13(14-3-5-16(21-2)6-4-14)7-12-19-17(20)15-8-10-18-11-9-15;/h3-6,13,15,18H,7-12H2,1-2H3,(H,19,20);1H. The molecule has 1 saturated heterocycles. The van der Waals surface area contributed by atoms with Crippen molar-refractivity contribution in [1.29, 1.82) is 0 Å². The van der Waals surface area contributed by atoms with E-state index in [9.17, 15) is 4.79 Å². The number of rotatable bonds is 6. The molecule has 0 aromatic heterocycles. The van der Waals surface area contributed by atoms with Gasteiger partial charge in [-0.25, -0.2) is 0 Å². The van der Waals surface area contributed by atoms with E-state index in [-0.39, 0.29) is 24.2 Å². The lowest BCUT2D eigenvalue weighted by molar-refractivity contribution is -0.125. The van der Waals surface area contributed by atoms with Crippen molar-refractivity contribution in [3.05, 3.63) is 29.8 Å². The second kappa shape index (κ2) is 9.70. The summed E-state index contributed by atoms with van der Waals surface area (Å²) in [4.78, 5) is 12.0. The van der Waals surface area contributed by atoms with Crippen LogP contribution in [0.2, 0.25) is 0 Å². The van der Waals surface area contributed by atoms with Crippen molar-refractivity contribution >= 4 is 18.3 Å². The predicted molar refractivity (Wildman–Crippen MR) is 91.9 cm³/mol.